The second-order valence-electron chi connectivity index (χ2n) is 8.18. The maximum atomic E-state index is 13.5. The summed E-state index contributed by atoms with van der Waals surface area (Å²) < 4.78 is 31.6. The fraction of sp³-hybridized carbons (Fsp3) is 0.364. The van der Waals surface area contributed by atoms with Crippen molar-refractivity contribution in [1.29, 1.82) is 0 Å². The molecule has 2 heterocycles. The van der Waals surface area contributed by atoms with Gasteiger partial charge < -0.3 is 14.5 Å². The number of carbonyl (C=O) groups excluding carboxylic acids is 2. The third kappa shape index (κ3) is 3.74. The third-order valence-corrected chi connectivity index (χ3v) is 6.84. The normalized spacial score (nSPS) is 20.0. The smallest absolute Gasteiger partial charge is 0.265 e. The molecule has 164 valence electrons. The van der Waals surface area contributed by atoms with Crippen LogP contribution in [-0.4, -0.2) is 64.2 Å². The lowest BCUT2D eigenvalue weighted by Crippen LogP contribution is -2.50. The standard InChI is InChI=1S/C22H25N3O5S/c1-14-11-16-12-15(9-10-17(16)25(14)31(4,28)29)21(26)24-13-20(22(27)23(2)3)30-19-8-6-5-7-18(19)24/h5-10,12,14,20H,11,13H2,1-4H3. The van der Waals surface area contributed by atoms with Gasteiger partial charge in [-0.25, -0.2) is 8.42 Å². The number of benzene rings is 2. The molecule has 2 aromatic carbocycles. The van der Waals surface area contributed by atoms with E-state index in [4.69, 9.17) is 4.74 Å². The number of nitrogens with zero attached hydrogens (tertiary/aromatic N) is 3. The molecule has 9 heteroatoms. The van der Waals surface area contributed by atoms with Crippen molar-refractivity contribution in [2.45, 2.75) is 25.5 Å². The average molecular weight is 444 g/mol. The highest BCUT2D eigenvalue weighted by Crippen LogP contribution is 2.37. The highest BCUT2D eigenvalue weighted by molar-refractivity contribution is 7.92. The molecule has 8 nitrogen and oxygen atoms in total. The molecular formula is C22H25N3O5S. The van der Waals surface area contributed by atoms with Crippen LogP contribution in [0.4, 0.5) is 11.4 Å². The molecule has 0 aromatic heterocycles. The van der Waals surface area contributed by atoms with Crippen LogP contribution in [-0.2, 0) is 21.2 Å². The van der Waals surface area contributed by atoms with Gasteiger partial charge in [0.1, 0.15) is 5.75 Å². The number of likely N-dealkylation sites (N-methyl/N-ethyl adjacent to an activating group) is 1. The van der Waals surface area contributed by atoms with Crippen molar-refractivity contribution in [3.8, 4) is 5.75 Å². The summed E-state index contributed by atoms with van der Waals surface area (Å²) >= 11 is 0. The number of carbonyl (C=O) groups is 2. The molecule has 2 aliphatic heterocycles. The van der Waals surface area contributed by atoms with Crippen LogP contribution in [0, 0.1) is 0 Å². The minimum atomic E-state index is -3.40. The molecule has 0 spiro atoms. The fourth-order valence-corrected chi connectivity index (χ4v) is 5.50. The number of sulfonamides is 1. The topological polar surface area (TPSA) is 87.2 Å². The van der Waals surface area contributed by atoms with E-state index in [2.05, 4.69) is 0 Å². The highest BCUT2D eigenvalue weighted by Gasteiger charge is 2.36. The Labute approximate surface area is 182 Å². The van der Waals surface area contributed by atoms with Crippen LogP contribution >= 0.6 is 0 Å². The molecule has 0 fully saturated rings. The van der Waals surface area contributed by atoms with Crippen LogP contribution < -0.4 is 13.9 Å². The summed E-state index contributed by atoms with van der Waals surface area (Å²) in [6.45, 7) is 1.94. The first kappa shape index (κ1) is 21.2. The molecule has 2 unspecified atom stereocenters. The molecule has 2 amide bonds. The SMILES string of the molecule is CC1Cc2cc(C(=O)N3CC(C(=O)N(C)C)Oc4ccccc43)ccc2N1S(C)(=O)=O. The monoisotopic (exact) mass is 443 g/mol. The van der Waals surface area contributed by atoms with Crippen LogP contribution in [0.3, 0.4) is 0 Å². The van der Waals surface area contributed by atoms with E-state index in [1.54, 1.807) is 55.4 Å². The van der Waals surface area contributed by atoms with Crippen molar-refractivity contribution in [3.05, 3.63) is 53.6 Å². The molecule has 0 N–H and O–H groups in total. The van der Waals surface area contributed by atoms with Gasteiger partial charge in [-0.1, -0.05) is 12.1 Å². The summed E-state index contributed by atoms with van der Waals surface area (Å²) in [5.41, 5.74) is 2.46. The van der Waals surface area contributed by atoms with E-state index in [0.29, 0.717) is 29.1 Å². The molecule has 31 heavy (non-hydrogen) atoms. The number of para-hydroxylation sites is 2. The van der Waals surface area contributed by atoms with E-state index in [9.17, 15) is 18.0 Å². The summed E-state index contributed by atoms with van der Waals surface area (Å²) in [5, 5.41) is 0. The molecule has 0 bridgehead atoms. The number of anilines is 2. The van der Waals surface area contributed by atoms with Gasteiger partial charge in [-0.15, -0.1) is 0 Å². The second kappa shape index (κ2) is 7.56. The molecule has 0 aliphatic carbocycles. The number of hydrogen-bond donors (Lipinski definition) is 0. The first-order valence-corrected chi connectivity index (χ1v) is 11.8. The number of rotatable bonds is 3. The molecule has 2 aromatic rings. The Hall–Kier alpha value is -3.07. The van der Waals surface area contributed by atoms with Crippen molar-refractivity contribution in [2.24, 2.45) is 0 Å². The maximum Gasteiger partial charge on any atom is 0.265 e. The average Bonchev–Trinajstić information content (AvgIpc) is 3.06. The van der Waals surface area contributed by atoms with Gasteiger partial charge in [0.05, 0.1) is 24.2 Å². The Morgan fingerprint density at radius 1 is 1.10 bits per heavy atom. The van der Waals surface area contributed by atoms with Gasteiger partial charge in [0.2, 0.25) is 10.0 Å². The Kier molecular flexibility index (Phi) is 5.17. The number of ether oxygens (including phenoxy) is 1. The molecule has 0 radical (unpaired) electrons. The summed E-state index contributed by atoms with van der Waals surface area (Å²) in [6.07, 6.45) is 0.916. The first-order chi connectivity index (χ1) is 14.6. The zero-order chi connectivity index (χ0) is 22.5. The zero-order valence-corrected chi connectivity index (χ0v) is 18.7. The van der Waals surface area contributed by atoms with E-state index in [1.165, 1.54) is 15.5 Å². The van der Waals surface area contributed by atoms with Gasteiger partial charge in [0.15, 0.2) is 6.10 Å². The van der Waals surface area contributed by atoms with Gasteiger partial charge in [0.25, 0.3) is 11.8 Å². The summed E-state index contributed by atoms with van der Waals surface area (Å²) in [5.74, 6) is -0.0141. The van der Waals surface area contributed by atoms with E-state index < -0.39 is 16.1 Å². The van der Waals surface area contributed by atoms with Crippen LogP contribution in [0.1, 0.15) is 22.8 Å². The van der Waals surface area contributed by atoms with Gasteiger partial charge in [0, 0.05) is 25.7 Å². The highest BCUT2D eigenvalue weighted by atomic mass is 32.2. The minimum absolute atomic E-state index is 0.0931. The Morgan fingerprint density at radius 3 is 2.48 bits per heavy atom. The predicted octanol–water partition coefficient (Wildman–Crippen LogP) is 1.89. The van der Waals surface area contributed by atoms with Crippen LogP contribution in [0.2, 0.25) is 0 Å². The Bertz CT molecular complexity index is 1160. The number of hydrogen-bond acceptors (Lipinski definition) is 5. The largest absolute Gasteiger partial charge is 0.476 e. The number of fused-ring (bicyclic) bond motifs is 2. The maximum absolute atomic E-state index is 13.5. The van der Waals surface area contributed by atoms with Gasteiger partial charge in [-0.3, -0.25) is 13.9 Å². The van der Waals surface area contributed by atoms with E-state index >= 15 is 0 Å². The molecule has 0 saturated heterocycles. The molecule has 2 aliphatic rings. The van der Waals surface area contributed by atoms with Gasteiger partial charge in [-0.05, 0) is 49.2 Å². The fourth-order valence-electron chi connectivity index (χ4n) is 4.24. The summed E-state index contributed by atoms with van der Waals surface area (Å²) in [4.78, 5) is 29.0. The van der Waals surface area contributed by atoms with Crippen molar-refractivity contribution < 1.29 is 22.7 Å². The second-order valence-corrected chi connectivity index (χ2v) is 10.0. The number of amides is 2. The predicted molar refractivity (Wildman–Crippen MR) is 118 cm³/mol. The molecule has 2 atom stereocenters. The Morgan fingerprint density at radius 2 is 1.81 bits per heavy atom. The molecule has 0 saturated carbocycles. The van der Waals surface area contributed by atoms with Crippen LogP contribution in [0.25, 0.3) is 0 Å². The quantitative estimate of drug-likeness (QED) is 0.723. The lowest BCUT2D eigenvalue weighted by molar-refractivity contribution is -0.135. The van der Waals surface area contributed by atoms with Crippen LogP contribution in [0.15, 0.2) is 42.5 Å². The van der Waals surface area contributed by atoms with Crippen molar-refractivity contribution in [2.75, 3.05) is 36.1 Å². The lowest BCUT2D eigenvalue weighted by atomic mass is 10.0. The summed E-state index contributed by atoms with van der Waals surface area (Å²) in [7, 11) is -0.112. The third-order valence-electron chi connectivity index (χ3n) is 5.57. The van der Waals surface area contributed by atoms with Crippen molar-refractivity contribution in [1.82, 2.24) is 4.90 Å². The van der Waals surface area contributed by atoms with Crippen molar-refractivity contribution in [3.63, 3.8) is 0 Å². The van der Waals surface area contributed by atoms with E-state index in [1.807, 2.05) is 13.0 Å². The van der Waals surface area contributed by atoms with Crippen molar-refractivity contribution >= 4 is 33.2 Å². The molecular weight excluding hydrogens is 418 g/mol. The minimum Gasteiger partial charge on any atom is -0.476 e. The van der Waals surface area contributed by atoms with Gasteiger partial charge >= 0.3 is 0 Å². The van der Waals surface area contributed by atoms with Gasteiger partial charge in [-0.2, -0.15) is 0 Å². The summed E-state index contributed by atoms with van der Waals surface area (Å²) in [6, 6.07) is 12.0. The Balaban J connectivity index is 1.70. The van der Waals surface area contributed by atoms with Crippen LogP contribution in [0.5, 0.6) is 5.75 Å². The van der Waals surface area contributed by atoms with E-state index in [-0.39, 0.29) is 24.4 Å². The zero-order valence-electron chi connectivity index (χ0n) is 17.9. The first-order valence-electron chi connectivity index (χ1n) is 9.99. The lowest BCUT2D eigenvalue weighted by Gasteiger charge is -2.35. The van der Waals surface area contributed by atoms with E-state index in [0.717, 1.165) is 5.56 Å². The molecule has 4 rings (SSSR count).